The Kier molecular flexibility index (Phi) is 3.67. The van der Waals surface area contributed by atoms with E-state index in [0.717, 1.165) is 24.1 Å². The average molecular weight is 324 g/mol. The molecule has 1 fully saturated rings. The van der Waals surface area contributed by atoms with E-state index in [4.69, 9.17) is 0 Å². The molecule has 0 spiro atoms. The van der Waals surface area contributed by atoms with E-state index in [2.05, 4.69) is 21.6 Å². The molecule has 1 amide bonds. The molecule has 6 heteroatoms. The highest BCUT2D eigenvalue weighted by Gasteiger charge is 2.28. The largest absolute Gasteiger partial charge is 0.336 e. The average Bonchev–Trinajstić information content (AvgIpc) is 3.36. The van der Waals surface area contributed by atoms with Crippen LogP contribution in [0.4, 0.5) is 0 Å². The first-order valence-corrected chi connectivity index (χ1v) is 8.48. The summed E-state index contributed by atoms with van der Waals surface area (Å²) in [5.74, 6) is 0.0809. The molecular weight excluding hydrogens is 308 g/mol. The lowest BCUT2D eigenvalue weighted by Gasteiger charge is -2.16. The molecule has 0 aliphatic carbocycles. The summed E-state index contributed by atoms with van der Waals surface area (Å²) in [7, 11) is 0. The molecule has 3 aromatic rings. The minimum absolute atomic E-state index is 0.0809. The van der Waals surface area contributed by atoms with Crippen LogP contribution in [0.2, 0.25) is 0 Å². The van der Waals surface area contributed by atoms with Crippen molar-refractivity contribution in [2.24, 2.45) is 0 Å². The first-order valence-electron chi connectivity index (χ1n) is 7.60. The minimum atomic E-state index is 0.0809. The Labute approximate surface area is 138 Å². The molecule has 0 saturated carbocycles. The van der Waals surface area contributed by atoms with Crippen LogP contribution in [-0.4, -0.2) is 38.9 Å². The fourth-order valence-corrected chi connectivity index (χ4v) is 3.66. The Morgan fingerprint density at radius 3 is 2.61 bits per heavy atom. The first-order chi connectivity index (χ1) is 11.3. The topological polar surface area (TPSA) is 51.0 Å². The number of amides is 1. The number of rotatable bonds is 3. The van der Waals surface area contributed by atoms with Crippen molar-refractivity contribution in [1.29, 1.82) is 0 Å². The number of thiophene rings is 1. The number of aromatic nitrogens is 3. The van der Waals surface area contributed by atoms with Crippen LogP contribution >= 0.6 is 11.3 Å². The second kappa shape index (κ2) is 5.96. The van der Waals surface area contributed by atoms with E-state index in [9.17, 15) is 4.79 Å². The van der Waals surface area contributed by atoms with Gasteiger partial charge in [-0.25, -0.2) is 0 Å². The SMILES string of the molecule is O=C(c1ccc(-c2cccs2)cc1)N1CCC(n2nccn2)C1. The molecule has 1 aromatic carbocycles. The predicted molar refractivity (Wildman–Crippen MR) is 89.3 cm³/mol. The molecule has 23 heavy (non-hydrogen) atoms. The second-order valence-corrected chi connectivity index (χ2v) is 6.55. The summed E-state index contributed by atoms with van der Waals surface area (Å²) in [5, 5.41) is 10.4. The Bertz CT molecular complexity index is 781. The standard InChI is InChI=1S/C17H16N4OS/c22-17(20-10-7-15(12-20)21-18-8-9-19-21)14-5-3-13(4-6-14)16-2-1-11-23-16/h1-6,8-9,11,15H,7,10,12H2. The van der Waals surface area contributed by atoms with Gasteiger partial charge in [-0.1, -0.05) is 18.2 Å². The van der Waals surface area contributed by atoms with Crippen LogP contribution in [0.5, 0.6) is 0 Å². The maximum absolute atomic E-state index is 12.6. The van der Waals surface area contributed by atoms with Gasteiger partial charge in [-0.3, -0.25) is 4.79 Å². The molecule has 0 bridgehead atoms. The number of benzene rings is 1. The number of likely N-dealkylation sites (tertiary alicyclic amines) is 1. The lowest BCUT2D eigenvalue weighted by Crippen LogP contribution is -2.29. The van der Waals surface area contributed by atoms with Crippen molar-refractivity contribution < 1.29 is 4.79 Å². The van der Waals surface area contributed by atoms with Gasteiger partial charge in [-0.2, -0.15) is 15.0 Å². The van der Waals surface area contributed by atoms with Crippen molar-refractivity contribution in [3.05, 3.63) is 59.7 Å². The summed E-state index contributed by atoms with van der Waals surface area (Å²) >= 11 is 1.70. The van der Waals surface area contributed by atoms with E-state index in [0.29, 0.717) is 6.54 Å². The normalized spacial score (nSPS) is 17.6. The van der Waals surface area contributed by atoms with E-state index in [-0.39, 0.29) is 11.9 Å². The third kappa shape index (κ3) is 2.77. The first kappa shape index (κ1) is 14.1. The summed E-state index contributed by atoms with van der Waals surface area (Å²) < 4.78 is 0. The Morgan fingerprint density at radius 2 is 1.91 bits per heavy atom. The summed E-state index contributed by atoms with van der Waals surface area (Å²) in [6.07, 6.45) is 4.25. The van der Waals surface area contributed by atoms with Crippen LogP contribution in [0.25, 0.3) is 10.4 Å². The van der Waals surface area contributed by atoms with Gasteiger partial charge in [0.05, 0.1) is 18.4 Å². The third-order valence-corrected chi connectivity index (χ3v) is 5.07. The van der Waals surface area contributed by atoms with Gasteiger partial charge in [0.1, 0.15) is 0 Å². The summed E-state index contributed by atoms with van der Waals surface area (Å²) in [6.45, 7) is 1.41. The summed E-state index contributed by atoms with van der Waals surface area (Å²) in [4.78, 5) is 17.4. The molecule has 1 unspecified atom stereocenters. The molecule has 5 nitrogen and oxygen atoms in total. The number of hydrogen-bond donors (Lipinski definition) is 0. The summed E-state index contributed by atoms with van der Waals surface area (Å²) in [5.41, 5.74) is 1.89. The highest BCUT2D eigenvalue weighted by Crippen LogP contribution is 2.26. The van der Waals surface area contributed by atoms with Crippen molar-refractivity contribution >= 4 is 17.2 Å². The van der Waals surface area contributed by atoms with Crippen molar-refractivity contribution in [3.8, 4) is 10.4 Å². The third-order valence-electron chi connectivity index (χ3n) is 4.15. The number of carbonyl (C=O) groups excluding carboxylic acids is 1. The number of nitrogens with zero attached hydrogens (tertiary/aromatic N) is 4. The maximum atomic E-state index is 12.6. The van der Waals surface area contributed by atoms with Gasteiger partial charge >= 0.3 is 0 Å². The Hall–Kier alpha value is -2.47. The van der Waals surface area contributed by atoms with Crippen LogP contribution < -0.4 is 0 Å². The number of hydrogen-bond acceptors (Lipinski definition) is 4. The van der Waals surface area contributed by atoms with Crippen LogP contribution in [0.15, 0.2) is 54.2 Å². The molecule has 116 valence electrons. The van der Waals surface area contributed by atoms with Gasteiger partial charge < -0.3 is 4.90 Å². The monoisotopic (exact) mass is 324 g/mol. The van der Waals surface area contributed by atoms with Gasteiger partial charge in [0.25, 0.3) is 5.91 Å². The molecule has 4 rings (SSSR count). The van der Waals surface area contributed by atoms with E-state index < -0.39 is 0 Å². The highest BCUT2D eigenvalue weighted by atomic mass is 32.1. The van der Waals surface area contributed by atoms with E-state index in [1.807, 2.05) is 35.2 Å². The van der Waals surface area contributed by atoms with Gasteiger partial charge in [0.15, 0.2) is 0 Å². The Balaban J connectivity index is 1.47. The molecule has 1 atom stereocenters. The molecule has 0 N–H and O–H groups in total. The van der Waals surface area contributed by atoms with Crippen LogP contribution in [0, 0.1) is 0 Å². The molecule has 2 aromatic heterocycles. The van der Waals surface area contributed by atoms with Gasteiger partial charge in [-0.05, 0) is 35.6 Å². The molecule has 1 saturated heterocycles. The molecule has 1 aliphatic heterocycles. The maximum Gasteiger partial charge on any atom is 0.253 e. The lowest BCUT2D eigenvalue weighted by atomic mass is 10.1. The van der Waals surface area contributed by atoms with Crippen LogP contribution in [0.3, 0.4) is 0 Å². The fraction of sp³-hybridized carbons (Fsp3) is 0.235. The van der Waals surface area contributed by atoms with E-state index in [1.54, 1.807) is 28.5 Å². The number of carbonyl (C=O) groups is 1. The molecule has 0 radical (unpaired) electrons. The van der Waals surface area contributed by atoms with Gasteiger partial charge in [-0.15, -0.1) is 11.3 Å². The van der Waals surface area contributed by atoms with Crippen LogP contribution in [0.1, 0.15) is 22.8 Å². The fourth-order valence-electron chi connectivity index (χ4n) is 2.93. The van der Waals surface area contributed by atoms with Crippen LogP contribution in [-0.2, 0) is 0 Å². The molecule has 3 heterocycles. The van der Waals surface area contributed by atoms with Gasteiger partial charge in [0, 0.05) is 23.5 Å². The molecular formula is C17H16N4OS. The highest BCUT2D eigenvalue weighted by molar-refractivity contribution is 7.13. The minimum Gasteiger partial charge on any atom is -0.336 e. The Morgan fingerprint density at radius 1 is 1.13 bits per heavy atom. The predicted octanol–water partition coefficient (Wildman–Crippen LogP) is 3.09. The van der Waals surface area contributed by atoms with Crippen molar-refractivity contribution in [3.63, 3.8) is 0 Å². The lowest BCUT2D eigenvalue weighted by molar-refractivity contribution is 0.0786. The van der Waals surface area contributed by atoms with E-state index in [1.165, 1.54) is 4.88 Å². The van der Waals surface area contributed by atoms with Crippen molar-refractivity contribution in [1.82, 2.24) is 19.9 Å². The smallest absolute Gasteiger partial charge is 0.253 e. The van der Waals surface area contributed by atoms with Crippen molar-refractivity contribution in [2.45, 2.75) is 12.5 Å². The van der Waals surface area contributed by atoms with Gasteiger partial charge in [0.2, 0.25) is 0 Å². The second-order valence-electron chi connectivity index (χ2n) is 5.60. The zero-order chi connectivity index (χ0) is 15.6. The summed E-state index contributed by atoms with van der Waals surface area (Å²) in [6, 6.07) is 12.2. The van der Waals surface area contributed by atoms with E-state index >= 15 is 0 Å². The zero-order valence-corrected chi connectivity index (χ0v) is 13.3. The molecule has 1 aliphatic rings. The zero-order valence-electron chi connectivity index (χ0n) is 12.5. The van der Waals surface area contributed by atoms with Crippen molar-refractivity contribution in [2.75, 3.05) is 13.1 Å². The quantitative estimate of drug-likeness (QED) is 0.744.